The number of carboxylic acid groups (broad SMARTS) is 1. The first-order valence-electron chi connectivity index (χ1n) is 4.85. The standard InChI is InChI=1S/C10H13NO2S2/c1-5(2)7-3-11-6-4-14-9(10(12)13)8(6)15-7/h4-5,7,11H,3H2,1-2H3,(H,12,13). The molecule has 0 bridgehead atoms. The molecule has 15 heavy (non-hydrogen) atoms. The van der Waals surface area contributed by atoms with Gasteiger partial charge in [-0.2, -0.15) is 0 Å². The molecule has 2 heterocycles. The quantitative estimate of drug-likeness (QED) is 0.838. The van der Waals surface area contributed by atoms with E-state index in [1.54, 1.807) is 11.8 Å². The van der Waals surface area contributed by atoms with Crippen LogP contribution in [-0.4, -0.2) is 22.9 Å². The maximum absolute atomic E-state index is 11.0. The molecule has 1 unspecified atom stereocenters. The number of nitrogens with one attached hydrogen (secondary N) is 1. The summed E-state index contributed by atoms with van der Waals surface area (Å²) in [6.45, 7) is 5.25. The van der Waals surface area contributed by atoms with Crippen molar-refractivity contribution in [2.24, 2.45) is 5.92 Å². The highest BCUT2D eigenvalue weighted by Gasteiger charge is 2.27. The summed E-state index contributed by atoms with van der Waals surface area (Å²) in [6.07, 6.45) is 0. The van der Waals surface area contributed by atoms with E-state index in [1.807, 2.05) is 5.38 Å². The number of anilines is 1. The summed E-state index contributed by atoms with van der Waals surface area (Å²) >= 11 is 3.00. The Kier molecular flexibility index (Phi) is 2.93. The summed E-state index contributed by atoms with van der Waals surface area (Å²) in [5.41, 5.74) is 0.985. The van der Waals surface area contributed by atoms with E-state index in [0.29, 0.717) is 16.0 Å². The number of rotatable bonds is 2. The van der Waals surface area contributed by atoms with Gasteiger partial charge in [0.25, 0.3) is 0 Å². The van der Waals surface area contributed by atoms with E-state index in [1.165, 1.54) is 11.3 Å². The maximum Gasteiger partial charge on any atom is 0.347 e. The number of thiophene rings is 1. The molecule has 0 radical (unpaired) electrons. The van der Waals surface area contributed by atoms with Gasteiger partial charge in [-0.1, -0.05) is 13.8 Å². The second-order valence-corrected chi connectivity index (χ2v) is 6.02. The topological polar surface area (TPSA) is 49.3 Å². The number of fused-ring (bicyclic) bond motifs is 1. The smallest absolute Gasteiger partial charge is 0.347 e. The summed E-state index contributed by atoms with van der Waals surface area (Å²) in [4.78, 5) is 12.4. The van der Waals surface area contributed by atoms with Crippen molar-refractivity contribution in [3.05, 3.63) is 10.3 Å². The van der Waals surface area contributed by atoms with Crippen LogP contribution in [-0.2, 0) is 0 Å². The maximum atomic E-state index is 11.0. The Hall–Kier alpha value is -0.680. The van der Waals surface area contributed by atoms with Crippen molar-refractivity contribution in [1.82, 2.24) is 0 Å². The van der Waals surface area contributed by atoms with Gasteiger partial charge >= 0.3 is 5.97 Å². The van der Waals surface area contributed by atoms with E-state index < -0.39 is 5.97 Å². The first-order valence-corrected chi connectivity index (χ1v) is 6.61. The van der Waals surface area contributed by atoms with Gasteiger partial charge in [-0.3, -0.25) is 0 Å². The van der Waals surface area contributed by atoms with Crippen LogP contribution in [0.5, 0.6) is 0 Å². The molecule has 2 N–H and O–H groups in total. The van der Waals surface area contributed by atoms with Gasteiger partial charge in [0.2, 0.25) is 0 Å². The lowest BCUT2D eigenvalue weighted by molar-refractivity contribution is 0.0699. The van der Waals surface area contributed by atoms with Crippen molar-refractivity contribution in [2.45, 2.75) is 24.0 Å². The molecule has 1 aliphatic heterocycles. The van der Waals surface area contributed by atoms with Gasteiger partial charge in [0.15, 0.2) is 0 Å². The van der Waals surface area contributed by atoms with Gasteiger partial charge in [0.05, 0.1) is 10.6 Å². The highest BCUT2D eigenvalue weighted by atomic mass is 32.2. The van der Waals surface area contributed by atoms with Gasteiger partial charge in [0.1, 0.15) is 4.88 Å². The van der Waals surface area contributed by atoms with Gasteiger partial charge in [-0.05, 0) is 5.92 Å². The Balaban J connectivity index is 2.30. The molecule has 3 nitrogen and oxygen atoms in total. The van der Waals surface area contributed by atoms with Crippen LogP contribution in [0, 0.1) is 5.92 Å². The van der Waals surface area contributed by atoms with Crippen LogP contribution >= 0.6 is 23.1 Å². The molecule has 0 saturated heterocycles. The molecule has 0 aliphatic carbocycles. The number of carboxylic acids is 1. The van der Waals surface area contributed by atoms with Crippen molar-refractivity contribution in [2.75, 3.05) is 11.9 Å². The number of carbonyl (C=O) groups is 1. The molecule has 1 atom stereocenters. The average molecular weight is 243 g/mol. The lowest BCUT2D eigenvalue weighted by Crippen LogP contribution is -2.25. The number of thioether (sulfide) groups is 1. The first-order chi connectivity index (χ1) is 7.09. The number of hydrogen-bond acceptors (Lipinski definition) is 4. The molecular formula is C10H13NO2S2. The summed E-state index contributed by atoms with van der Waals surface area (Å²) in [6, 6.07) is 0. The van der Waals surface area contributed by atoms with E-state index in [4.69, 9.17) is 5.11 Å². The summed E-state index contributed by atoms with van der Waals surface area (Å²) < 4.78 is 0. The molecule has 2 rings (SSSR count). The third kappa shape index (κ3) is 1.99. The minimum atomic E-state index is -0.819. The van der Waals surface area contributed by atoms with Crippen LogP contribution in [0.2, 0.25) is 0 Å². The normalized spacial score (nSPS) is 19.8. The van der Waals surface area contributed by atoms with Crippen molar-refractivity contribution in [3.8, 4) is 0 Å². The Morgan fingerprint density at radius 1 is 1.67 bits per heavy atom. The predicted octanol–water partition coefficient (Wildman–Crippen LogP) is 2.99. The van der Waals surface area contributed by atoms with Crippen molar-refractivity contribution < 1.29 is 9.90 Å². The van der Waals surface area contributed by atoms with E-state index in [2.05, 4.69) is 19.2 Å². The molecule has 1 aromatic rings. The third-order valence-corrected chi connectivity index (χ3v) is 5.22. The Labute approximate surface area is 96.9 Å². The fourth-order valence-corrected chi connectivity index (χ4v) is 3.82. The number of hydrogen-bond donors (Lipinski definition) is 2. The van der Waals surface area contributed by atoms with Crippen LogP contribution in [0.3, 0.4) is 0 Å². The van der Waals surface area contributed by atoms with Crippen LogP contribution in [0.15, 0.2) is 10.3 Å². The SMILES string of the molecule is CC(C)C1CNc2csc(C(=O)O)c2S1. The molecule has 1 aromatic heterocycles. The Morgan fingerprint density at radius 3 is 3.00 bits per heavy atom. The molecule has 0 saturated carbocycles. The molecule has 0 spiro atoms. The fraction of sp³-hybridized carbons (Fsp3) is 0.500. The van der Waals surface area contributed by atoms with E-state index in [-0.39, 0.29) is 0 Å². The zero-order valence-electron chi connectivity index (χ0n) is 8.61. The highest BCUT2D eigenvalue weighted by molar-refractivity contribution is 8.00. The highest BCUT2D eigenvalue weighted by Crippen LogP contribution is 2.43. The minimum absolute atomic E-state index is 0.463. The summed E-state index contributed by atoms with van der Waals surface area (Å²) in [5.74, 6) is -0.267. The van der Waals surface area contributed by atoms with E-state index in [0.717, 1.165) is 17.1 Å². The van der Waals surface area contributed by atoms with Crippen molar-refractivity contribution in [1.29, 1.82) is 0 Å². The molecule has 0 fully saturated rings. The molecule has 0 aromatic carbocycles. The Bertz CT molecular complexity index is 387. The number of aromatic carboxylic acids is 1. The largest absolute Gasteiger partial charge is 0.477 e. The van der Waals surface area contributed by atoms with Crippen LogP contribution < -0.4 is 5.32 Å². The zero-order chi connectivity index (χ0) is 11.0. The van der Waals surface area contributed by atoms with Crippen molar-refractivity contribution in [3.63, 3.8) is 0 Å². The van der Waals surface area contributed by atoms with Crippen LogP contribution in [0.25, 0.3) is 0 Å². The van der Waals surface area contributed by atoms with Crippen LogP contribution in [0.4, 0.5) is 5.69 Å². The zero-order valence-corrected chi connectivity index (χ0v) is 10.2. The fourth-order valence-electron chi connectivity index (χ4n) is 1.51. The molecule has 0 amide bonds. The Morgan fingerprint density at radius 2 is 2.40 bits per heavy atom. The molecule has 1 aliphatic rings. The van der Waals surface area contributed by atoms with Gasteiger partial charge < -0.3 is 10.4 Å². The monoisotopic (exact) mass is 243 g/mol. The predicted molar refractivity (Wildman–Crippen MR) is 64.3 cm³/mol. The first kappa shape index (κ1) is 10.8. The van der Waals surface area contributed by atoms with Crippen LogP contribution in [0.1, 0.15) is 23.5 Å². The van der Waals surface area contributed by atoms with Gasteiger partial charge in [-0.25, -0.2) is 4.79 Å². The third-order valence-electron chi connectivity index (χ3n) is 2.45. The van der Waals surface area contributed by atoms with E-state index >= 15 is 0 Å². The van der Waals surface area contributed by atoms with Crippen molar-refractivity contribution >= 4 is 34.8 Å². The lowest BCUT2D eigenvalue weighted by Gasteiger charge is -2.26. The summed E-state index contributed by atoms with van der Waals surface area (Å²) in [7, 11) is 0. The van der Waals surface area contributed by atoms with Gasteiger partial charge in [0, 0.05) is 17.2 Å². The van der Waals surface area contributed by atoms with Gasteiger partial charge in [-0.15, -0.1) is 23.1 Å². The molecular weight excluding hydrogens is 230 g/mol. The lowest BCUT2D eigenvalue weighted by atomic mass is 10.1. The average Bonchev–Trinajstić information content (AvgIpc) is 2.59. The second kappa shape index (κ2) is 4.06. The second-order valence-electron chi connectivity index (χ2n) is 3.89. The molecule has 82 valence electrons. The minimum Gasteiger partial charge on any atom is -0.477 e. The molecule has 5 heteroatoms. The summed E-state index contributed by atoms with van der Waals surface area (Å²) in [5, 5.41) is 14.7. The van der Waals surface area contributed by atoms with E-state index in [9.17, 15) is 4.79 Å².